The number of nitrogens with two attached hydrogens (primary N) is 1. The molecule has 4 atom stereocenters. The van der Waals surface area contributed by atoms with Gasteiger partial charge in [0.1, 0.15) is 23.9 Å². The summed E-state index contributed by atoms with van der Waals surface area (Å²) in [4.78, 5) is 60.9. The van der Waals surface area contributed by atoms with Crippen LogP contribution >= 0.6 is 0 Å². The fourth-order valence-electron chi connectivity index (χ4n) is 3.07. The summed E-state index contributed by atoms with van der Waals surface area (Å²) in [5, 5.41) is 35.2. The molecule has 35 heavy (non-hydrogen) atoms. The molecule has 0 radical (unpaired) electrons. The molecule has 0 fully saturated rings. The molecule has 0 aliphatic carbocycles. The number of carboxylic acids is 2. The number of aromatic hydroxyl groups is 1. The van der Waals surface area contributed by atoms with Crippen molar-refractivity contribution in [2.75, 3.05) is 0 Å². The van der Waals surface area contributed by atoms with E-state index >= 15 is 0 Å². The summed E-state index contributed by atoms with van der Waals surface area (Å²) in [5.41, 5.74) is 6.31. The number of aliphatic carboxylic acids is 2. The number of carbonyl (C=O) groups excluding carboxylic acids is 3. The minimum atomic E-state index is -1.49. The van der Waals surface area contributed by atoms with Crippen LogP contribution in [0.25, 0.3) is 0 Å². The Kier molecular flexibility index (Phi) is 11.1. The number of hydrogen-bond donors (Lipinski definition) is 7. The number of phenols is 1. The zero-order valence-electron chi connectivity index (χ0n) is 20.1. The average molecular weight is 495 g/mol. The van der Waals surface area contributed by atoms with Gasteiger partial charge in [-0.05, 0) is 29.5 Å². The summed E-state index contributed by atoms with van der Waals surface area (Å²) in [5.74, 6) is -5.85. The summed E-state index contributed by atoms with van der Waals surface area (Å²) in [7, 11) is 0. The van der Waals surface area contributed by atoms with E-state index in [0.717, 1.165) is 0 Å². The number of carbonyl (C=O) groups is 5. The lowest BCUT2D eigenvalue weighted by Gasteiger charge is -2.27. The number of phenolic OH excluding ortho intramolecular Hbond substituents is 1. The molecule has 1 rings (SSSR count). The lowest BCUT2D eigenvalue weighted by atomic mass is 10.00. The minimum Gasteiger partial charge on any atom is -0.508 e. The minimum absolute atomic E-state index is 0.00426. The molecule has 1 aromatic rings. The van der Waals surface area contributed by atoms with E-state index in [4.69, 9.17) is 10.8 Å². The Bertz CT molecular complexity index is 917. The molecule has 3 amide bonds. The van der Waals surface area contributed by atoms with E-state index in [1.54, 1.807) is 27.7 Å². The maximum absolute atomic E-state index is 12.9. The van der Waals surface area contributed by atoms with E-state index in [1.165, 1.54) is 24.3 Å². The Hall–Kier alpha value is -3.67. The van der Waals surface area contributed by atoms with Crippen molar-refractivity contribution in [3.63, 3.8) is 0 Å². The lowest BCUT2D eigenvalue weighted by Crippen LogP contribution is -2.59. The third-order valence-corrected chi connectivity index (χ3v) is 5.27. The molecule has 12 heteroatoms. The predicted octanol–water partition coefficient (Wildman–Crippen LogP) is -0.412. The van der Waals surface area contributed by atoms with Crippen molar-refractivity contribution >= 4 is 29.7 Å². The lowest BCUT2D eigenvalue weighted by molar-refractivity contribution is -0.143. The maximum Gasteiger partial charge on any atom is 0.326 e. The van der Waals surface area contributed by atoms with Crippen LogP contribution in [0.1, 0.15) is 39.7 Å². The number of benzene rings is 1. The third-order valence-electron chi connectivity index (χ3n) is 5.27. The molecule has 4 unspecified atom stereocenters. The van der Waals surface area contributed by atoms with Crippen molar-refractivity contribution in [3.8, 4) is 5.75 Å². The van der Waals surface area contributed by atoms with Gasteiger partial charge in [0.05, 0.1) is 12.5 Å². The Morgan fingerprint density at radius 1 is 0.800 bits per heavy atom. The normalized spacial score (nSPS) is 14.5. The predicted molar refractivity (Wildman–Crippen MR) is 125 cm³/mol. The largest absolute Gasteiger partial charge is 0.508 e. The highest BCUT2D eigenvalue weighted by Crippen LogP contribution is 2.12. The summed E-state index contributed by atoms with van der Waals surface area (Å²) in [6.07, 6.45) is -0.821. The van der Waals surface area contributed by atoms with Gasteiger partial charge in [0.25, 0.3) is 0 Å². The van der Waals surface area contributed by atoms with E-state index in [-0.39, 0.29) is 18.1 Å². The van der Waals surface area contributed by atoms with Gasteiger partial charge in [-0.3, -0.25) is 19.2 Å². The molecule has 0 bridgehead atoms. The Labute approximate surface area is 203 Å². The second-order valence-corrected chi connectivity index (χ2v) is 8.93. The van der Waals surface area contributed by atoms with Crippen molar-refractivity contribution in [2.24, 2.45) is 17.6 Å². The van der Waals surface area contributed by atoms with E-state index in [9.17, 15) is 34.2 Å². The average Bonchev–Trinajstić information content (AvgIpc) is 2.76. The zero-order valence-corrected chi connectivity index (χ0v) is 20.1. The smallest absolute Gasteiger partial charge is 0.326 e. The first-order chi connectivity index (χ1) is 16.2. The van der Waals surface area contributed by atoms with Crippen LogP contribution in [0.3, 0.4) is 0 Å². The number of amides is 3. The highest BCUT2D eigenvalue weighted by Gasteiger charge is 2.33. The number of rotatable bonds is 13. The molecule has 0 aromatic heterocycles. The van der Waals surface area contributed by atoms with E-state index in [2.05, 4.69) is 16.0 Å². The van der Waals surface area contributed by atoms with Crippen LogP contribution < -0.4 is 21.7 Å². The number of hydrogen-bond acceptors (Lipinski definition) is 7. The Morgan fingerprint density at radius 2 is 1.34 bits per heavy atom. The summed E-state index contributed by atoms with van der Waals surface area (Å²) in [6, 6.07) is 0.788. The first-order valence-corrected chi connectivity index (χ1v) is 11.1. The Morgan fingerprint density at radius 3 is 1.80 bits per heavy atom. The van der Waals surface area contributed by atoms with Gasteiger partial charge in [0, 0.05) is 6.42 Å². The SMILES string of the molecule is CC(C)C(N)C(=O)NC(CC(=O)O)C(=O)NC(C(=O)NC(Cc1ccc(O)cc1)C(=O)O)C(C)C. The van der Waals surface area contributed by atoms with Crippen LogP contribution in [0, 0.1) is 11.8 Å². The van der Waals surface area contributed by atoms with Crippen molar-refractivity contribution in [3.05, 3.63) is 29.8 Å². The molecular formula is C23H34N4O8. The second-order valence-electron chi connectivity index (χ2n) is 8.93. The van der Waals surface area contributed by atoms with Gasteiger partial charge in [0.15, 0.2) is 0 Å². The quantitative estimate of drug-likeness (QED) is 0.190. The molecule has 1 aromatic carbocycles. The van der Waals surface area contributed by atoms with Crippen LogP contribution in [0.15, 0.2) is 24.3 Å². The van der Waals surface area contributed by atoms with Gasteiger partial charge in [-0.2, -0.15) is 0 Å². The van der Waals surface area contributed by atoms with E-state index < -0.39 is 66.2 Å². The first-order valence-electron chi connectivity index (χ1n) is 11.1. The molecule has 0 saturated carbocycles. The molecule has 0 heterocycles. The topological polar surface area (TPSA) is 208 Å². The summed E-state index contributed by atoms with van der Waals surface area (Å²) < 4.78 is 0. The molecule has 12 nitrogen and oxygen atoms in total. The van der Waals surface area contributed by atoms with Crippen molar-refractivity contribution < 1.29 is 39.3 Å². The standard InChI is InChI=1S/C23H34N4O8/c1-11(2)18(24)21(32)25-15(10-17(29)30)20(31)27-19(12(3)4)22(33)26-16(23(34)35)9-13-5-7-14(28)8-6-13/h5-8,11-12,15-16,18-19,28H,9-10,24H2,1-4H3,(H,25,32)(H,26,33)(H,27,31)(H,29,30)(H,34,35). The van der Waals surface area contributed by atoms with Gasteiger partial charge in [-0.15, -0.1) is 0 Å². The summed E-state index contributed by atoms with van der Waals surface area (Å²) in [6.45, 7) is 6.60. The van der Waals surface area contributed by atoms with E-state index in [1.807, 2.05) is 0 Å². The van der Waals surface area contributed by atoms with Crippen LogP contribution in [0.5, 0.6) is 5.75 Å². The van der Waals surface area contributed by atoms with Gasteiger partial charge >= 0.3 is 11.9 Å². The molecule has 194 valence electrons. The second kappa shape index (κ2) is 13.3. The number of nitrogens with one attached hydrogen (secondary N) is 3. The van der Waals surface area contributed by atoms with E-state index in [0.29, 0.717) is 5.56 Å². The van der Waals surface area contributed by atoms with Crippen LogP contribution in [-0.4, -0.2) is 69.1 Å². The van der Waals surface area contributed by atoms with Crippen LogP contribution in [0.2, 0.25) is 0 Å². The Balaban J connectivity index is 2.99. The van der Waals surface area contributed by atoms with Crippen molar-refractivity contribution in [2.45, 2.75) is 64.7 Å². The monoisotopic (exact) mass is 494 g/mol. The van der Waals surface area contributed by atoms with Crippen molar-refractivity contribution in [1.82, 2.24) is 16.0 Å². The van der Waals surface area contributed by atoms with Gasteiger partial charge in [0.2, 0.25) is 17.7 Å². The van der Waals surface area contributed by atoms with Gasteiger partial charge in [-0.1, -0.05) is 39.8 Å². The molecular weight excluding hydrogens is 460 g/mol. The van der Waals surface area contributed by atoms with Crippen LogP contribution in [0.4, 0.5) is 0 Å². The van der Waals surface area contributed by atoms with Crippen molar-refractivity contribution in [1.29, 1.82) is 0 Å². The zero-order chi connectivity index (χ0) is 26.9. The maximum atomic E-state index is 12.9. The molecule has 0 spiro atoms. The fraction of sp³-hybridized carbons (Fsp3) is 0.522. The molecule has 0 saturated heterocycles. The van der Waals surface area contributed by atoms with Crippen LogP contribution in [-0.2, 0) is 30.4 Å². The molecule has 8 N–H and O–H groups in total. The fourth-order valence-corrected chi connectivity index (χ4v) is 3.07. The molecule has 0 aliphatic heterocycles. The first kappa shape index (κ1) is 29.4. The number of carboxylic acid groups (broad SMARTS) is 2. The van der Waals surface area contributed by atoms with Gasteiger partial charge in [-0.25, -0.2) is 4.79 Å². The summed E-state index contributed by atoms with van der Waals surface area (Å²) >= 11 is 0. The van der Waals surface area contributed by atoms with Gasteiger partial charge < -0.3 is 37.0 Å². The highest BCUT2D eigenvalue weighted by molar-refractivity contribution is 5.95. The third kappa shape index (κ3) is 9.61. The highest BCUT2D eigenvalue weighted by atomic mass is 16.4. The molecule has 0 aliphatic rings.